The number of anilines is 1. The van der Waals surface area contributed by atoms with Crippen molar-refractivity contribution in [1.29, 1.82) is 0 Å². The van der Waals surface area contributed by atoms with E-state index in [9.17, 15) is 9.18 Å². The highest BCUT2D eigenvalue weighted by Crippen LogP contribution is 2.21. The van der Waals surface area contributed by atoms with Gasteiger partial charge in [0.2, 0.25) is 5.91 Å². The summed E-state index contributed by atoms with van der Waals surface area (Å²) < 4.78 is 20.0. The van der Waals surface area contributed by atoms with E-state index in [1.807, 2.05) is 27.7 Å². The Balaban J connectivity index is 2.70. The van der Waals surface area contributed by atoms with Crippen molar-refractivity contribution in [2.75, 3.05) is 11.9 Å². The first-order valence-electron chi connectivity index (χ1n) is 6.63. The first-order valence-corrected chi connectivity index (χ1v) is 7.42. The monoisotopic (exact) mass is 345 g/mol. The lowest BCUT2D eigenvalue weighted by Crippen LogP contribution is -2.30. The Bertz CT molecular complexity index is 471. The van der Waals surface area contributed by atoms with Crippen LogP contribution in [0.15, 0.2) is 22.7 Å². The van der Waals surface area contributed by atoms with Crippen molar-refractivity contribution in [3.63, 3.8) is 0 Å². The van der Waals surface area contributed by atoms with E-state index in [1.54, 1.807) is 12.1 Å². The largest absolute Gasteiger partial charge is 0.375 e. The van der Waals surface area contributed by atoms with Crippen molar-refractivity contribution in [2.45, 2.75) is 39.7 Å². The topological polar surface area (TPSA) is 38.3 Å². The summed E-state index contributed by atoms with van der Waals surface area (Å²) in [7, 11) is 0. The van der Waals surface area contributed by atoms with E-state index in [0.29, 0.717) is 17.5 Å². The predicted molar refractivity (Wildman–Crippen MR) is 82.2 cm³/mol. The van der Waals surface area contributed by atoms with E-state index in [2.05, 4.69) is 21.2 Å². The molecule has 0 heterocycles. The molecule has 0 aliphatic rings. The van der Waals surface area contributed by atoms with E-state index in [1.165, 1.54) is 6.07 Å². The first kappa shape index (κ1) is 17.1. The van der Waals surface area contributed by atoms with Crippen LogP contribution in [-0.4, -0.2) is 18.1 Å². The Morgan fingerprint density at radius 3 is 2.65 bits per heavy atom. The van der Waals surface area contributed by atoms with Crippen LogP contribution in [0.3, 0.4) is 0 Å². The molecule has 1 rings (SSSR count). The number of carbonyl (C=O) groups is 1. The summed E-state index contributed by atoms with van der Waals surface area (Å²) in [6.07, 6.45) is 0.636. The van der Waals surface area contributed by atoms with Gasteiger partial charge in [-0.3, -0.25) is 4.79 Å². The van der Waals surface area contributed by atoms with Crippen molar-refractivity contribution in [1.82, 2.24) is 0 Å². The van der Waals surface area contributed by atoms with Crippen LogP contribution < -0.4 is 5.32 Å². The Morgan fingerprint density at radius 2 is 2.10 bits per heavy atom. The average Bonchev–Trinajstić information content (AvgIpc) is 2.33. The molecular weight excluding hydrogens is 325 g/mol. The molecule has 3 nitrogen and oxygen atoms in total. The van der Waals surface area contributed by atoms with Gasteiger partial charge in [0, 0.05) is 4.47 Å². The lowest BCUT2D eigenvalue weighted by Gasteiger charge is -2.23. The third kappa shape index (κ3) is 5.59. The molecule has 1 amide bonds. The second-order valence-corrected chi connectivity index (χ2v) is 6.56. The van der Waals surface area contributed by atoms with Gasteiger partial charge in [0.1, 0.15) is 5.82 Å². The second kappa shape index (κ2) is 7.18. The predicted octanol–water partition coefficient (Wildman–Crippen LogP) is 4.37. The van der Waals surface area contributed by atoms with E-state index in [-0.39, 0.29) is 23.1 Å². The van der Waals surface area contributed by atoms with Gasteiger partial charge in [-0.25, -0.2) is 4.39 Å². The van der Waals surface area contributed by atoms with Crippen LogP contribution in [0.1, 0.15) is 34.1 Å². The normalized spacial score (nSPS) is 13.1. The summed E-state index contributed by atoms with van der Waals surface area (Å²) >= 11 is 3.25. The third-order valence-corrected chi connectivity index (χ3v) is 3.26. The highest BCUT2D eigenvalue weighted by Gasteiger charge is 2.21. The maximum Gasteiger partial charge on any atom is 0.229 e. The van der Waals surface area contributed by atoms with E-state index < -0.39 is 5.82 Å². The molecule has 0 aromatic heterocycles. The molecule has 20 heavy (non-hydrogen) atoms. The van der Waals surface area contributed by atoms with Crippen LogP contribution in [-0.2, 0) is 9.53 Å². The molecule has 0 saturated heterocycles. The molecule has 5 heteroatoms. The van der Waals surface area contributed by atoms with Gasteiger partial charge in [0.25, 0.3) is 0 Å². The molecule has 0 bridgehead atoms. The van der Waals surface area contributed by atoms with Crippen molar-refractivity contribution in [3.8, 4) is 0 Å². The second-order valence-electron chi connectivity index (χ2n) is 5.64. The van der Waals surface area contributed by atoms with Gasteiger partial charge < -0.3 is 10.1 Å². The lowest BCUT2D eigenvalue weighted by atomic mass is 10.1. The van der Waals surface area contributed by atoms with Gasteiger partial charge in [-0.2, -0.15) is 0 Å². The summed E-state index contributed by atoms with van der Waals surface area (Å²) in [5, 5.41) is 2.61. The number of halogens is 2. The van der Waals surface area contributed by atoms with E-state index in [4.69, 9.17) is 4.74 Å². The Labute approximate surface area is 128 Å². The number of rotatable bonds is 5. The van der Waals surface area contributed by atoms with Gasteiger partial charge in [-0.1, -0.05) is 22.9 Å². The molecule has 0 spiro atoms. The van der Waals surface area contributed by atoms with Crippen LogP contribution >= 0.6 is 15.9 Å². The van der Waals surface area contributed by atoms with Crippen LogP contribution in [0.2, 0.25) is 0 Å². The molecule has 1 atom stereocenters. The quantitative estimate of drug-likeness (QED) is 0.860. The number of nitrogens with one attached hydrogen (secondary N) is 1. The van der Waals surface area contributed by atoms with Crippen LogP contribution in [0.25, 0.3) is 0 Å². The zero-order valence-electron chi connectivity index (χ0n) is 12.3. The molecule has 0 aliphatic heterocycles. The minimum Gasteiger partial charge on any atom is -0.375 e. The summed E-state index contributed by atoms with van der Waals surface area (Å²) in [5.74, 6) is -0.977. The van der Waals surface area contributed by atoms with Gasteiger partial charge in [0.05, 0.1) is 23.8 Å². The Hall–Kier alpha value is -0.940. The maximum absolute atomic E-state index is 13.6. The third-order valence-electron chi connectivity index (χ3n) is 2.77. The van der Waals surface area contributed by atoms with E-state index >= 15 is 0 Å². The van der Waals surface area contributed by atoms with Crippen molar-refractivity contribution in [3.05, 3.63) is 28.5 Å². The SMILES string of the molecule is CC[C@@H](COC(C)(C)C)C(=O)Nc1cc(Br)ccc1F. The number of hydrogen-bond donors (Lipinski definition) is 1. The first-order chi connectivity index (χ1) is 9.23. The fourth-order valence-electron chi connectivity index (χ4n) is 1.56. The van der Waals surface area contributed by atoms with Crippen molar-refractivity contribution < 1.29 is 13.9 Å². The molecule has 1 aromatic rings. The highest BCUT2D eigenvalue weighted by molar-refractivity contribution is 9.10. The summed E-state index contributed by atoms with van der Waals surface area (Å²) in [6.45, 7) is 8.04. The van der Waals surface area contributed by atoms with Gasteiger partial charge in [-0.15, -0.1) is 0 Å². The maximum atomic E-state index is 13.6. The number of ether oxygens (including phenoxy) is 1. The minimum atomic E-state index is -0.451. The van der Waals surface area contributed by atoms with Crippen molar-refractivity contribution in [2.24, 2.45) is 5.92 Å². The number of hydrogen-bond acceptors (Lipinski definition) is 2. The molecule has 112 valence electrons. The molecule has 0 radical (unpaired) electrons. The summed E-state index contributed by atoms with van der Waals surface area (Å²) in [4.78, 5) is 12.2. The van der Waals surface area contributed by atoms with Crippen molar-refractivity contribution >= 4 is 27.5 Å². The molecule has 0 aliphatic carbocycles. The van der Waals surface area contributed by atoms with Crippen LogP contribution in [0.4, 0.5) is 10.1 Å². The highest BCUT2D eigenvalue weighted by atomic mass is 79.9. The molecule has 0 saturated carbocycles. The average molecular weight is 346 g/mol. The fourth-order valence-corrected chi connectivity index (χ4v) is 1.92. The fraction of sp³-hybridized carbons (Fsp3) is 0.533. The minimum absolute atomic E-state index is 0.179. The van der Waals surface area contributed by atoms with E-state index in [0.717, 1.165) is 0 Å². The molecule has 1 N–H and O–H groups in total. The molecular formula is C15H21BrFNO2. The van der Waals surface area contributed by atoms with Gasteiger partial charge in [-0.05, 0) is 45.4 Å². The lowest BCUT2D eigenvalue weighted by molar-refractivity contribution is -0.124. The number of amides is 1. The number of carbonyl (C=O) groups excluding carboxylic acids is 1. The Morgan fingerprint density at radius 1 is 1.45 bits per heavy atom. The van der Waals surface area contributed by atoms with Gasteiger partial charge >= 0.3 is 0 Å². The number of benzene rings is 1. The smallest absolute Gasteiger partial charge is 0.229 e. The van der Waals surface area contributed by atoms with Crippen LogP contribution in [0, 0.1) is 11.7 Å². The zero-order valence-corrected chi connectivity index (χ0v) is 13.9. The summed E-state index contributed by atoms with van der Waals surface area (Å²) in [6, 6.07) is 4.45. The van der Waals surface area contributed by atoms with Gasteiger partial charge in [0.15, 0.2) is 0 Å². The van der Waals surface area contributed by atoms with Crippen LogP contribution in [0.5, 0.6) is 0 Å². The molecule has 0 fully saturated rings. The molecule has 1 aromatic carbocycles. The summed E-state index contributed by atoms with van der Waals surface area (Å²) in [5.41, 5.74) is -0.118. The Kier molecular flexibility index (Phi) is 6.14. The zero-order chi connectivity index (χ0) is 15.3. The molecule has 0 unspecified atom stereocenters. The standard InChI is InChI=1S/C15H21BrFNO2/c1-5-10(9-20-15(2,3)4)14(19)18-13-8-11(16)6-7-12(13)17/h6-8,10H,5,9H2,1-4H3,(H,18,19)/t10-/m0/s1.